The zero-order valence-electron chi connectivity index (χ0n) is 7.97. The average molecular weight is 202 g/mol. The summed E-state index contributed by atoms with van der Waals surface area (Å²) in [6, 6.07) is 8.95. The van der Waals surface area contributed by atoms with Crippen molar-refractivity contribution in [3.05, 3.63) is 36.0 Å². The molecule has 76 valence electrons. The Bertz CT molecular complexity index is 523. The third-order valence-corrected chi connectivity index (χ3v) is 2.11. The van der Waals surface area contributed by atoms with Crippen molar-refractivity contribution < 1.29 is 9.90 Å². The molecule has 3 N–H and O–H groups in total. The fourth-order valence-corrected chi connectivity index (χ4v) is 1.43. The molecule has 0 saturated heterocycles. The number of rotatable bonds is 2. The first kappa shape index (κ1) is 9.45. The highest BCUT2D eigenvalue weighted by Gasteiger charge is 2.03. The molecule has 0 aliphatic carbocycles. The molecule has 15 heavy (non-hydrogen) atoms. The van der Waals surface area contributed by atoms with E-state index in [0.29, 0.717) is 11.4 Å². The SMILES string of the molecule is Nc1ccc2ccc(CC(=O)O)nc2c1. The molecule has 2 rings (SSSR count). The summed E-state index contributed by atoms with van der Waals surface area (Å²) in [4.78, 5) is 14.7. The zero-order chi connectivity index (χ0) is 10.8. The molecule has 0 unspecified atom stereocenters. The number of nitrogen functional groups attached to an aromatic ring is 1. The number of aromatic nitrogens is 1. The molecule has 4 nitrogen and oxygen atoms in total. The van der Waals surface area contributed by atoms with E-state index < -0.39 is 5.97 Å². The van der Waals surface area contributed by atoms with Crippen LogP contribution in [0.4, 0.5) is 5.69 Å². The van der Waals surface area contributed by atoms with Crippen molar-refractivity contribution in [1.82, 2.24) is 4.98 Å². The molecule has 0 amide bonds. The molecule has 1 aromatic carbocycles. The van der Waals surface area contributed by atoms with Crippen molar-refractivity contribution in [2.75, 3.05) is 5.73 Å². The molecule has 4 heteroatoms. The Labute approximate surface area is 86.4 Å². The lowest BCUT2D eigenvalue weighted by molar-refractivity contribution is -0.136. The summed E-state index contributed by atoms with van der Waals surface area (Å²) in [5.41, 5.74) is 7.52. The van der Waals surface area contributed by atoms with Crippen LogP contribution in [-0.4, -0.2) is 16.1 Å². The van der Waals surface area contributed by atoms with Crippen LogP contribution in [0.1, 0.15) is 5.69 Å². The Kier molecular flexibility index (Phi) is 2.25. The zero-order valence-corrected chi connectivity index (χ0v) is 7.97. The molecule has 0 radical (unpaired) electrons. The number of pyridine rings is 1. The molecule has 0 bridgehead atoms. The van der Waals surface area contributed by atoms with Gasteiger partial charge in [0, 0.05) is 11.1 Å². The lowest BCUT2D eigenvalue weighted by atomic mass is 10.1. The first-order chi connectivity index (χ1) is 7.15. The number of anilines is 1. The standard InChI is InChI=1S/C11H10N2O2/c12-8-3-1-7-2-4-9(6-11(14)15)13-10(7)5-8/h1-5H,6,12H2,(H,14,15). The molecule has 0 saturated carbocycles. The topological polar surface area (TPSA) is 76.2 Å². The van der Waals surface area contributed by atoms with E-state index in [2.05, 4.69) is 4.98 Å². The molecule has 0 aliphatic rings. The number of carboxylic acid groups (broad SMARTS) is 1. The van der Waals surface area contributed by atoms with Gasteiger partial charge in [-0.05, 0) is 18.2 Å². The van der Waals surface area contributed by atoms with Crippen LogP contribution in [0, 0.1) is 0 Å². The highest BCUT2D eigenvalue weighted by atomic mass is 16.4. The van der Waals surface area contributed by atoms with Crippen LogP contribution < -0.4 is 5.73 Å². The number of nitrogens with zero attached hydrogens (tertiary/aromatic N) is 1. The molecule has 1 heterocycles. The number of carboxylic acids is 1. The maximum absolute atomic E-state index is 10.5. The maximum Gasteiger partial charge on any atom is 0.309 e. The van der Waals surface area contributed by atoms with E-state index in [1.54, 1.807) is 18.2 Å². The minimum Gasteiger partial charge on any atom is -0.481 e. The predicted molar refractivity (Wildman–Crippen MR) is 57.5 cm³/mol. The van der Waals surface area contributed by atoms with Crippen molar-refractivity contribution in [3.8, 4) is 0 Å². The van der Waals surface area contributed by atoms with E-state index in [9.17, 15) is 4.79 Å². The van der Waals surface area contributed by atoms with Crippen LogP contribution in [0.25, 0.3) is 10.9 Å². The molecule has 0 atom stereocenters. The average Bonchev–Trinajstić information content (AvgIpc) is 2.16. The Morgan fingerprint density at radius 2 is 2.07 bits per heavy atom. The van der Waals surface area contributed by atoms with Crippen molar-refractivity contribution in [2.45, 2.75) is 6.42 Å². The van der Waals surface area contributed by atoms with Crippen LogP contribution in [0.3, 0.4) is 0 Å². The second-order valence-corrected chi connectivity index (χ2v) is 3.33. The van der Waals surface area contributed by atoms with Gasteiger partial charge in [-0.2, -0.15) is 0 Å². The number of carbonyl (C=O) groups is 1. The second-order valence-electron chi connectivity index (χ2n) is 3.33. The summed E-state index contributed by atoms with van der Waals surface area (Å²) >= 11 is 0. The molecular weight excluding hydrogens is 192 g/mol. The van der Waals surface area contributed by atoms with Crippen molar-refractivity contribution in [1.29, 1.82) is 0 Å². The Balaban J connectivity index is 2.49. The minimum absolute atomic E-state index is 0.0647. The quantitative estimate of drug-likeness (QED) is 0.722. The summed E-state index contributed by atoms with van der Waals surface area (Å²) in [5, 5.41) is 9.59. The highest BCUT2D eigenvalue weighted by molar-refractivity contribution is 5.82. The predicted octanol–water partition coefficient (Wildman–Crippen LogP) is 1.44. The second kappa shape index (κ2) is 3.57. The van der Waals surface area contributed by atoms with Crippen LogP contribution in [-0.2, 0) is 11.2 Å². The summed E-state index contributed by atoms with van der Waals surface area (Å²) < 4.78 is 0. The number of hydrogen-bond donors (Lipinski definition) is 2. The number of fused-ring (bicyclic) bond motifs is 1. The van der Waals surface area contributed by atoms with Gasteiger partial charge >= 0.3 is 5.97 Å². The Morgan fingerprint density at radius 1 is 1.33 bits per heavy atom. The number of aliphatic carboxylic acids is 1. The summed E-state index contributed by atoms with van der Waals surface area (Å²) in [5.74, 6) is -0.884. The van der Waals surface area contributed by atoms with E-state index in [0.717, 1.165) is 10.9 Å². The summed E-state index contributed by atoms with van der Waals surface area (Å²) in [6.45, 7) is 0. The van der Waals surface area contributed by atoms with E-state index in [1.165, 1.54) is 0 Å². The van der Waals surface area contributed by atoms with Gasteiger partial charge in [-0.1, -0.05) is 12.1 Å². The fraction of sp³-hybridized carbons (Fsp3) is 0.0909. The van der Waals surface area contributed by atoms with Gasteiger partial charge in [0.2, 0.25) is 0 Å². The van der Waals surface area contributed by atoms with E-state index >= 15 is 0 Å². The third kappa shape index (κ3) is 2.04. The number of benzene rings is 1. The lowest BCUT2D eigenvalue weighted by Crippen LogP contribution is -2.02. The Morgan fingerprint density at radius 3 is 2.80 bits per heavy atom. The number of nitrogens with two attached hydrogens (primary N) is 1. The molecule has 0 fully saturated rings. The van der Waals surface area contributed by atoms with E-state index in [1.807, 2.05) is 12.1 Å². The number of hydrogen-bond acceptors (Lipinski definition) is 3. The van der Waals surface area contributed by atoms with Gasteiger partial charge < -0.3 is 10.8 Å². The lowest BCUT2D eigenvalue weighted by Gasteiger charge is -2.01. The largest absolute Gasteiger partial charge is 0.481 e. The van der Waals surface area contributed by atoms with Crippen molar-refractivity contribution in [2.24, 2.45) is 0 Å². The maximum atomic E-state index is 10.5. The normalized spacial score (nSPS) is 10.4. The first-order valence-electron chi connectivity index (χ1n) is 4.52. The summed E-state index contributed by atoms with van der Waals surface area (Å²) in [6.07, 6.45) is -0.0647. The smallest absolute Gasteiger partial charge is 0.309 e. The van der Waals surface area contributed by atoms with Crippen molar-refractivity contribution >= 4 is 22.6 Å². The van der Waals surface area contributed by atoms with Crippen LogP contribution in [0.15, 0.2) is 30.3 Å². The fourth-order valence-electron chi connectivity index (χ4n) is 1.43. The molecule has 1 aromatic heterocycles. The molecular formula is C11H10N2O2. The first-order valence-corrected chi connectivity index (χ1v) is 4.52. The van der Waals surface area contributed by atoms with E-state index in [4.69, 9.17) is 10.8 Å². The van der Waals surface area contributed by atoms with Gasteiger partial charge in [-0.25, -0.2) is 0 Å². The van der Waals surface area contributed by atoms with Gasteiger partial charge in [-0.15, -0.1) is 0 Å². The summed E-state index contributed by atoms with van der Waals surface area (Å²) in [7, 11) is 0. The minimum atomic E-state index is -0.884. The van der Waals surface area contributed by atoms with Gasteiger partial charge in [0.05, 0.1) is 17.6 Å². The van der Waals surface area contributed by atoms with E-state index in [-0.39, 0.29) is 6.42 Å². The van der Waals surface area contributed by atoms with Gasteiger partial charge in [-0.3, -0.25) is 9.78 Å². The van der Waals surface area contributed by atoms with Crippen LogP contribution >= 0.6 is 0 Å². The Hall–Kier alpha value is -2.10. The molecule has 0 aliphatic heterocycles. The van der Waals surface area contributed by atoms with Gasteiger partial charge in [0.1, 0.15) is 0 Å². The van der Waals surface area contributed by atoms with Gasteiger partial charge in [0.15, 0.2) is 0 Å². The highest BCUT2D eigenvalue weighted by Crippen LogP contribution is 2.15. The van der Waals surface area contributed by atoms with Crippen LogP contribution in [0.2, 0.25) is 0 Å². The molecule has 2 aromatic rings. The molecule has 0 spiro atoms. The van der Waals surface area contributed by atoms with Crippen molar-refractivity contribution in [3.63, 3.8) is 0 Å². The third-order valence-electron chi connectivity index (χ3n) is 2.11. The van der Waals surface area contributed by atoms with Crippen LogP contribution in [0.5, 0.6) is 0 Å². The monoisotopic (exact) mass is 202 g/mol. The van der Waals surface area contributed by atoms with Gasteiger partial charge in [0.25, 0.3) is 0 Å².